The molecule has 1 aliphatic carbocycles. The Hall–Kier alpha value is -1.19. The summed E-state index contributed by atoms with van der Waals surface area (Å²) in [5.74, 6) is -0.155. The third-order valence-corrected chi connectivity index (χ3v) is 4.65. The molecule has 0 saturated heterocycles. The second-order valence-electron chi connectivity index (χ2n) is 5.23. The van der Waals surface area contributed by atoms with Gasteiger partial charge in [-0.2, -0.15) is 0 Å². The summed E-state index contributed by atoms with van der Waals surface area (Å²) in [5, 5.41) is 3.59. The fourth-order valence-corrected chi connectivity index (χ4v) is 3.48. The standard InChI is InChI=1S/C17H17BrFN/c18-16-6-2-5-15-14(16)7-8-17(15)20-10-9-12-3-1-4-13(19)11-12/h1-6,11,17,20H,7-10H2. The van der Waals surface area contributed by atoms with E-state index >= 15 is 0 Å². The molecule has 0 radical (unpaired) electrons. The molecule has 2 aromatic carbocycles. The van der Waals surface area contributed by atoms with E-state index in [0.717, 1.165) is 31.4 Å². The van der Waals surface area contributed by atoms with Gasteiger partial charge in [0.15, 0.2) is 0 Å². The maximum Gasteiger partial charge on any atom is 0.123 e. The molecule has 20 heavy (non-hydrogen) atoms. The van der Waals surface area contributed by atoms with Gasteiger partial charge in [0.2, 0.25) is 0 Å². The molecule has 1 atom stereocenters. The molecule has 0 fully saturated rings. The molecule has 3 heteroatoms. The molecule has 1 unspecified atom stereocenters. The van der Waals surface area contributed by atoms with Gasteiger partial charge in [0, 0.05) is 10.5 Å². The summed E-state index contributed by atoms with van der Waals surface area (Å²) in [6.45, 7) is 0.875. The third kappa shape index (κ3) is 2.94. The number of fused-ring (bicyclic) bond motifs is 1. The van der Waals surface area contributed by atoms with Gasteiger partial charge in [-0.25, -0.2) is 4.39 Å². The Morgan fingerprint density at radius 1 is 1.20 bits per heavy atom. The molecule has 0 amide bonds. The van der Waals surface area contributed by atoms with E-state index in [1.807, 2.05) is 6.07 Å². The van der Waals surface area contributed by atoms with E-state index in [9.17, 15) is 4.39 Å². The maximum absolute atomic E-state index is 13.1. The minimum atomic E-state index is -0.155. The van der Waals surface area contributed by atoms with Crippen LogP contribution in [0, 0.1) is 5.82 Å². The molecule has 1 N–H and O–H groups in total. The van der Waals surface area contributed by atoms with Crippen LogP contribution in [0.1, 0.15) is 29.2 Å². The molecule has 0 aromatic heterocycles. The lowest BCUT2D eigenvalue weighted by molar-refractivity contribution is 0.533. The number of hydrogen-bond donors (Lipinski definition) is 1. The SMILES string of the molecule is Fc1cccc(CCNC2CCc3c(Br)cccc32)c1. The van der Waals surface area contributed by atoms with E-state index in [1.54, 1.807) is 12.1 Å². The molecule has 0 aliphatic heterocycles. The van der Waals surface area contributed by atoms with Crippen LogP contribution in [0.5, 0.6) is 0 Å². The largest absolute Gasteiger partial charge is 0.310 e. The van der Waals surface area contributed by atoms with E-state index in [4.69, 9.17) is 0 Å². The first-order valence-corrected chi connectivity index (χ1v) is 7.78. The van der Waals surface area contributed by atoms with Crippen molar-refractivity contribution in [2.75, 3.05) is 6.54 Å². The molecule has 3 rings (SSSR count). The van der Waals surface area contributed by atoms with Crippen molar-refractivity contribution in [2.24, 2.45) is 0 Å². The Balaban J connectivity index is 1.60. The first kappa shape index (κ1) is 13.8. The number of halogens is 2. The maximum atomic E-state index is 13.1. The van der Waals surface area contributed by atoms with Crippen molar-refractivity contribution in [1.82, 2.24) is 5.32 Å². The predicted molar refractivity (Wildman–Crippen MR) is 83.3 cm³/mol. The van der Waals surface area contributed by atoms with Crippen molar-refractivity contribution in [1.29, 1.82) is 0 Å². The van der Waals surface area contributed by atoms with Crippen LogP contribution < -0.4 is 5.32 Å². The number of benzene rings is 2. The summed E-state index contributed by atoms with van der Waals surface area (Å²) < 4.78 is 14.3. The minimum Gasteiger partial charge on any atom is -0.310 e. The molecule has 0 bridgehead atoms. The smallest absolute Gasteiger partial charge is 0.123 e. The summed E-state index contributed by atoms with van der Waals surface area (Å²) in [6.07, 6.45) is 3.12. The van der Waals surface area contributed by atoms with Gasteiger partial charge in [0.05, 0.1) is 0 Å². The Morgan fingerprint density at radius 2 is 2.05 bits per heavy atom. The van der Waals surface area contributed by atoms with E-state index in [1.165, 1.54) is 21.7 Å². The van der Waals surface area contributed by atoms with E-state index in [0.29, 0.717) is 6.04 Å². The Morgan fingerprint density at radius 3 is 2.90 bits per heavy atom. The zero-order valence-electron chi connectivity index (χ0n) is 11.2. The van der Waals surface area contributed by atoms with Crippen molar-refractivity contribution in [3.8, 4) is 0 Å². The van der Waals surface area contributed by atoms with Gasteiger partial charge in [0.25, 0.3) is 0 Å². The highest BCUT2D eigenvalue weighted by Gasteiger charge is 2.23. The zero-order valence-corrected chi connectivity index (χ0v) is 12.8. The minimum absolute atomic E-state index is 0.155. The zero-order chi connectivity index (χ0) is 13.9. The van der Waals surface area contributed by atoms with Gasteiger partial charge in [-0.05, 0) is 60.7 Å². The molecule has 0 saturated carbocycles. The summed E-state index contributed by atoms with van der Waals surface area (Å²) in [4.78, 5) is 0. The van der Waals surface area contributed by atoms with Crippen LogP contribution in [0.15, 0.2) is 46.9 Å². The molecular weight excluding hydrogens is 317 g/mol. The Kier molecular flexibility index (Phi) is 4.18. The van der Waals surface area contributed by atoms with Crippen LogP contribution in [-0.4, -0.2) is 6.54 Å². The lowest BCUT2D eigenvalue weighted by Crippen LogP contribution is -2.21. The first-order valence-electron chi connectivity index (χ1n) is 6.99. The van der Waals surface area contributed by atoms with E-state index in [-0.39, 0.29) is 5.82 Å². The highest BCUT2D eigenvalue weighted by molar-refractivity contribution is 9.10. The monoisotopic (exact) mass is 333 g/mol. The Labute approximate surface area is 127 Å². The lowest BCUT2D eigenvalue weighted by atomic mass is 10.1. The quantitative estimate of drug-likeness (QED) is 0.873. The summed E-state index contributed by atoms with van der Waals surface area (Å²) in [6, 6.07) is 13.7. The van der Waals surface area contributed by atoms with Crippen molar-refractivity contribution >= 4 is 15.9 Å². The molecule has 104 valence electrons. The highest BCUT2D eigenvalue weighted by atomic mass is 79.9. The molecule has 1 aliphatic rings. The molecule has 0 spiro atoms. The van der Waals surface area contributed by atoms with Crippen LogP contribution in [0.4, 0.5) is 4.39 Å². The normalized spacial score (nSPS) is 17.2. The van der Waals surface area contributed by atoms with Crippen LogP contribution in [0.25, 0.3) is 0 Å². The van der Waals surface area contributed by atoms with Gasteiger partial charge in [-0.15, -0.1) is 0 Å². The summed E-state index contributed by atoms with van der Waals surface area (Å²) >= 11 is 3.62. The van der Waals surface area contributed by atoms with Crippen molar-refractivity contribution in [3.63, 3.8) is 0 Å². The van der Waals surface area contributed by atoms with E-state index < -0.39 is 0 Å². The highest BCUT2D eigenvalue weighted by Crippen LogP contribution is 2.35. The topological polar surface area (TPSA) is 12.0 Å². The van der Waals surface area contributed by atoms with Crippen LogP contribution in [0.3, 0.4) is 0 Å². The fourth-order valence-electron chi connectivity index (χ4n) is 2.90. The fraction of sp³-hybridized carbons (Fsp3) is 0.294. The number of nitrogens with one attached hydrogen (secondary N) is 1. The van der Waals surface area contributed by atoms with Crippen molar-refractivity contribution < 1.29 is 4.39 Å². The number of hydrogen-bond acceptors (Lipinski definition) is 1. The molecule has 0 heterocycles. The van der Waals surface area contributed by atoms with Crippen LogP contribution in [-0.2, 0) is 12.8 Å². The van der Waals surface area contributed by atoms with Gasteiger partial charge < -0.3 is 5.32 Å². The Bertz CT molecular complexity index is 612. The van der Waals surface area contributed by atoms with Gasteiger partial charge in [-0.3, -0.25) is 0 Å². The molecule has 2 aromatic rings. The van der Waals surface area contributed by atoms with Crippen LogP contribution in [0.2, 0.25) is 0 Å². The van der Waals surface area contributed by atoms with Gasteiger partial charge >= 0.3 is 0 Å². The predicted octanol–water partition coefficient (Wildman–Crippen LogP) is 4.41. The molecular formula is C17H17BrFN. The van der Waals surface area contributed by atoms with E-state index in [2.05, 4.69) is 39.4 Å². The average molecular weight is 334 g/mol. The summed E-state index contributed by atoms with van der Waals surface area (Å²) in [5.41, 5.74) is 3.87. The van der Waals surface area contributed by atoms with Crippen LogP contribution >= 0.6 is 15.9 Å². The molecule has 1 nitrogen and oxygen atoms in total. The second-order valence-corrected chi connectivity index (χ2v) is 6.09. The van der Waals surface area contributed by atoms with Crippen molar-refractivity contribution in [2.45, 2.75) is 25.3 Å². The lowest BCUT2D eigenvalue weighted by Gasteiger charge is -2.14. The van der Waals surface area contributed by atoms with Gasteiger partial charge in [0.1, 0.15) is 5.82 Å². The summed E-state index contributed by atoms with van der Waals surface area (Å²) in [7, 11) is 0. The third-order valence-electron chi connectivity index (χ3n) is 3.91. The number of rotatable bonds is 4. The second kappa shape index (κ2) is 6.06. The average Bonchev–Trinajstić information content (AvgIpc) is 2.84. The first-order chi connectivity index (χ1) is 9.74. The van der Waals surface area contributed by atoms with Crippen molar-refractivity contribution in [3.05, 3.63) is 69.4 Å². The van der Waals surface area contributed by atoms with Gasteiger partial charge in [-0.1, -0.05) is 40.2 Å².